The van der Waals surface area contributed by atoms with Crippen molar-refractivity contribution in [2.75, 3.05) is 7.11 Å². The first-order valence-corrected chi connectivity index (χ1v) is 9.08. The Bertz CT molecular complexity index is 694. The van der Waals surface area contributed by atoms with E-state index in [0.717, 1.165) is 5.56 Å². The molecule has 8 heteroatoms. The average molecular weight is 380 g/mol. The largest absolute Gasteiger partial charge is 0.479 e. The zero-order valence-corrected chi connectivity index (χ0v) is 16.1. The Morgan fingerprint density at radius 3 is 2.46 bits per heavy atom. The van der Waals surface area contributed by atoms with E-state index in [4.69, 9.17) is 4.74 Å². The number of nitrogens with one attached hydrogen (secondary N) is 2. The van der Waals surface area contributed by atoms with Crippen LogP contribution in [0.25, 0.3) is 0 Å². The molecule has 26 heavy (non-hydrogen) atoms. The third-order valence-electron chi connectivity index (χ3n) is 4.45. The highest BCUT2D eigenvalue weighted by Gasteiger charge is 2.55. The quantitative estimate of drug-likeness (QED) is 0.636. The van der Waals surface area contributed by atoms with Crippen LogP contribution in [-0.2, 0) is 25.5 Å². The Hall–Kier alpha value is -2.06. The summed E-state index contributed by atoms with van der Waals surface area (Å²) in [7, 11) is 1.29. The van der Waals surface area contributed by atoms with Crippen LogP contribution in [0.15, 0.2) is 30.3 Å². The number of hydrogen-bond donors (Lipinski definition) is 3. The van der Waals surface area contributed by atoms with E-state index in [1.807, 2.05) is 32.0 Å². The second-order valence-corrected chi connectivity index (χ2v) is 8.70. The normalized spacial score (nSPS) is 23.7. The van der Waals surface area contributed by atoms with E-state index >= 15 is 0 Å². The van der Waals surface area contributed by atoms with Crippen LogP contribution in [0.4, 0.5) is 0 Å². The Balaban J connectivity index is 2.18. The van der Waals surface area contributed by atoms with Crippen molar-refractivity contribution in [1.29, 1.82) is 0 Å². The molecule has 1 saturated heterocycles. The average Bonchev–Trinajstić information content (AvgIpc) is 2.90. The minimum Gasteiger partial charge on any atom is -0.479 e. The maximum Gasteiger partial charge on any atom is 0.331 e. The number of carbonyl (C=O) groups excluding carboxylic acids is 2. The van der Waals surface area contributed by atoms with E-state index in [9.17, 15) is 19.5 Å². The second-order valence-electron chi connectivity index (χ2n) is 6.94. The maximum atomic E-state index is 12.4. The van der Waals surface area contributed by atoms with Crippen molar-refractivity contribution in [3.05, 3.63) is 35.9 Å². The van der Waals surface area contributed by atoms with Crippen molar-refractivity contribution in [2.24, 2.45) is 0 Å². The molecule has 1 unspecified atom stereocenters. The first-order valence-electron chi connectivity index (χ1n) is 8.20. The number of ether oxygens (including phenoxy) is 1. The molecule has 7 nitrogen and oxygen atoms in total. The molecule has 1 aliphatic heterocycles. The zero-order valence-electron chi connectivity index (χ0n) is 15.2. The monoisotopic (exact) mass is 380 g/mol. The number of aliphatic carboxylic acids is 1. The van der Waals surface area contributed by atoms with E-state index in [1.165, 1.54) is 25.8 Å². The third kappa shape index (κ3) is 4.19. The molecule has 3 atom stereocenters. The fourth-order valence-corrected chi connectivity index (χ4v) is 4.37. The second kappa shape index (κ2) is 7.67. The number of benzene rings is 1. The van der Waals surface area contributed by atoms with Gasteiger partial charge in [0, 0.05) is 4.75 Å². The van der Waals surface area contributed by atoms with E-state index in [0.29, 0.717) is 0 Å². The molecule has 1 fully saturated rings. The summed E-state index contributed by atoms with van der Waals surface area (Å²) in [6, 6.07) is 8.41. The number of methoxy groups -OCH3 is 1. The van der Waals surface area contributed by atoms with Gasteiger partial charge in [-0.05, 0) is 26.3 Å². The summed E-state index contributed by atoms with van der Waals surface area (Å²) < 4.78 is 4.22. The summed E-state index contributed by atoms with van der Waals surface area (Å²) in [5.41, 5.74) is -0.797. The first kappa shape index (κ1) is 20.3. The molecule has 3 N–H and O–H groups in total. The predicted octanol–water partition coefficient (Wildman–Crippen LogP) is 1.17. The number of carbonyl (C=O) groups is 3. The predicted molar refractivity (Wildman–Crippen MR) is 98.7 cm³/mol. The fourth-order valence-electron chi connectivity index (χ4n) is 2.86. The zero-order chi connectivity index (χ0) is 19.5. The van der Waals surface area contributed by atoms with Gasteiger partial charge in [0.1, 0.15) is 6.04 Å². The number of rotatable bonds is 6. The molecule has 1 aromatic carbocycles. The molecule has 1 aromatic rings. The molecule has 142 valence electrons. The lowest BCUT2D eigenvalue weighted by Gasteiger charge is -2.32. The van der Waals surface area contributed by atoms with Crippen molar-refractivity contribution >= 4 is 29.6 Å². The summed E-state index contributed by atoms with van der Waals surface area (Å²) in [6.45, 7) is 5.11. The molecule has 0 radical (unpaired) electrons. The van der Waals surface area contributed by atoms with Gasteiger partial charge in [0.15, 0.2) is 5.54 Å². The molecule has 0 bridgehead atoms. The smallest absolute Gasteiger partial charge is 0.331 e. The molecular weight excluding hydrogens is 356 g/mol. The van der Waals surface area contributed by atoms with Crippen LogP contribution >= 0.6 is 11.8 Å². The topological polar surface area (TPSA) is 105 Å². The van der Waals surface area contributed by atoms with Crippen molar-refractivity contribution in [3.63, 3.8) is 0 Å². The Kier molecular flexibility index (Phi) is 5.98. The Morgan fingerprint density at radius 2 is 1.92 bits per heavy atom. The van der Waals surface area contributed by atoms with Crippen molar-refractivity contribution in [2.45, 2.75) is 48.9 Å². The molecule has 0 spiro atoms. The highest BCUT2D eigenvalue weighted by molar-refractivity contribution is 8.01. The minimum atomic E-state index is -1.59. The fraction of sp³-hybridized carbons (Fsp3) is 0.500. The van der Waals surface area contributed by atoms with Crippen molar-refractivity contribution in [3.8, 4) is 0 Å². The van der Waals surface area contributed by atoms with E-state index in [1.54, 1.807) is 12.1 Å². The van der Waals surface area contributed by atoms with Crippen LogP contribution < -0.4 is 10.6 Å². The number of carboxylic acid groups (broad SMARTS) is 1. The van der Waals surface area contributed by atoms with Gasteiger partial charge in [-0.25, -0.2) is 4.79 Å². The lowest BCUT2D eigenvalue weighted by Crippen LogP contribution is -2.63. The van der Waals surface area contributed by atoms with Gasteiger partial charge in [0.2, 0.25) is 5.91 Å². The number of thioether (sulfide) groups is 1. The van der Waals surface area contributed by atoms with E-state index < -0.39 is 39.5 Å². The van der Waals surface area contributed by atoms with Crippen LogP contribution in [0, 0.1) is 0 Å². The highest BCUT2D eigenvalue weighted by atomic mass is 32.2. The lowest BCUT2D eigenvalue weighted by molar-refractivity contribution is -0.148. The summed E-state index contributed by atoms with van der Waals surface area (Å²) in [4.78, 5) is 36.4. The molecule has 1 aliphatic rings. The van der Waals surface area contributed by atoms with Gasteiger partial charge in [-0.1, -0.05) is 30.3 Å². The summed E-state index contributed by atoms with van der Waals surface area (Å²) in [5.74, 6) is -2.04. The van der Waals surface area contributed by atoms with Gasteiger partial charge >= 0.3 is 11.9 Å². The van der Waals surface area contributed by atoms with Crippen molar-refractivity contribution in [1.82, 2.24) is 10.6 Å². The summed E-state index contributed by atoms with van der Waals surface area (Å²) in [5, 5.41) is 14.7. The van der Waals surface area contributed by atoms with Gasteiger partial charge in [-0.15, -0.1) is 11.8 Å². The Morgan fingerprint density at radius 1 is 1.31 bits per heavy atom. The minimum absolute atomic E-state index is 0.0743. The SMILES string of the molecule is COC(=O)[C@@H]1N[C@@H](C(C)(NC(=O)Cc2ccccc2)C(=O)O)SC1(C)C. The molecule has 1 amide bonds. The maximum absolute atomic E-state index is 12.4. The molecule has 0 saturated carbocycles. The highest BCUT2D eigenvalue weighted by Crippen LogP contribution is 2.42. The van der Waals surface area contributed by atoms with Gasteiger partial charge in [0.05, 0.1) is 18.9 Å². The number of amides is 1. The molecule has 2 rings (SSSR count). The first-order chi connectivity index (χ1) is 12.1. The van der Waals surface area contributed by atoms with Crippen LogP contribution in [0.1, 0.15) is 26.3 Å². The number of esters is 1. The number of carboxylic acids is 1. The van der Waals surface area contributed by atoms with Crippen LogP contribution in [0.3, 0.4) is 0 Å². The van der Waals surface area contributed by atoms with E-state index in [2.05, 4.69) is 10.6 Å². The lowest BCUT2D eigenvalue weighted by atomic mass is 9.98. The van der Waals surface area contributed by atoms with Gasteiger partial charge in [0.25, 0.3) is 0 Å². The third-order valence-corrected chi connectivity index (χ3v) is 6.13. The summed E-state index contributed by atoms with van der Waals surface area (Å²) >= 11 is 1.30. The Labute approximate surface area is 156 Å². The molecule has 0 aliphatic carbocycles. The van der Waals surface area contributed by atoms with Gasteiger partial charge < -0.3 is 15.2 Å². The van der Waals surface area contributed by atoms with Crippen LogP contribution in [0.5, 0.6) is 0 Å². The summed E-state index contributed by atoms with van der Waals surface area (Å²) in [6.07, 6.45) is 0.0743. The van der Waals surface area contributed by atoms with Crippen LogP contribution in [0.2, 0.25) is 0 Å². The van der Waals surface area contributed by atoms with Gasteiger partial charge in [-0.2, -0.15) is 0 Å². The molecule has 0 aromatic heterocycles. The molecular formula is C18H24N2O5S. The standard InChI is InChI=1S/C18H24N2O5S/c1-17(2)13(14(22)25-4)19-15(26-17)18(3,16(23)24)20-12(21)10-11-8-6-5-7-9-11/h5-9,13,15,19H,10H2,1-4H3,(H,20,21)(H,23,24)/t13-,15+,18?/m0/s1. The van der Waals surface area contributed by atoms with Crippen LogP contribution in [-0.4, -0.2) is 51.8 Å². The van der Waals surface area contributed by atoms with Gasteiger partial charge in [-0.3, -0.25) is 14.9 Å². The van der Waals surface area contributed by atoms with E-state index in [-0.39, 0.29) is 6.42 Å². The van der Waals surface area contributed by atoms with Crippen molar-refractivity contribution < 1.29 is 24.2 Å². The molecule has 1 heterocycles. The number of hydrogen-bond acceptors (Lipinski definition) is 6.